The number of amides is 1. The molecule has 0 aliphatic carbocycles. The molecule has 0 aromatic heterocycles. The Morgan fingerprint density at radius 3 is 2.54 bits per heavy atom. The first-order valence-electron chi connectivity index (χ1n) is 11.6. The molecule has 1 fully saturated rings. The number of carbonyl (C=O) groups excluding carboxylic acids is 1. The van der Waals surface area contributed by atoms with Gasteiger partial charge in [0.25, 0.3) is 5.91 Å². The highest BCUT2D eigenvalue weighted by Gasteiger charge is 2.60. The second-order valence-corrected chi connectivity index (χ2v) is 11.1. The molecule has 0 N–H and O–H groups in total. The van der Waals surface area contributed by atoms with E-state index in [0.717, 1.165) is 40.2 Å². The summed E-state index contributed by atoms with van der Waals surface area (Å²) in [4.78, 5) is 19.1. The smallest absolute Gasteiger partial charge is 0.261 e. The van der Waals surface area contributed by atoms with Gasteiger partial charge in [-0.25, -0.2) is 0 Å². The van der Waals surface area contributed by atoms with Gasteiger partial charge in [-0.3, -0.25) is 4.79 Å². The first kappa shape index (κ1) is 22.9. The zero-order chi connectivity index (χ0) is 24.3. The topological polar surface area (TPSA) is 39.2 Å². The van der Waals surface area contributed by atoms with Crippen LogP contribution in [0.15, 0.2) is 76.3 Å². The molecule has 3 aromatic carbocycles. The number of nitrogens with zero attached hydrogens (tertiary/aromatic N) is 4. The van der Waals surface area contributed by atoms with E-state index in [0.29, 0.717) is 23.0 Å². The van der Waals surface area contributed by atoms with Gasteiger partial charge in [-0.1, -0.05) is 45.2 Å². The van der Waals surface area contributed by atoms with Crippen molar-refractivity contribution in [3.8, 4) is 0 Å². The number of fused-ring (bicyclic) bond motifs is 4. The molecule has 3 heterocycles. The fourth-order valence-corrected chi connectivity index (χ4v) is 6.49. The molecule has 8 heteroatoms. The second kappa shape index (κ2) is 8.54. The van der Waals surface area contributed by atoms with Gasteiger partial charge in [0.05, 0.1) is 17.4 Å². The van der Waals surface area contributed by atoms with Crippen molar-refractivity contribution in [1.29, 1.82) is 0 Å². The van der Waals surface area contributed by atoms with Gasteiger partial charge >= 0.3 is 0 Å². The molecular weight excluding hydrogens is 547 g/mol. The summed E-state index contributed by atoms with van der Waals surface area (Å²) in [5, 5.41) is 7.72. The van der Waals surface area contributed by atoms with Crippen LogP contribution in [0.4, 0.5) is 17.1 Å². The van der Waals surface area contributed by atoms with Gasteiger partial charge in [-0.2, -0.15) is 10.1 Å². The SMILES string of the molecule is CC1=NN(c2ccc(Cl)cc2)C(=O)C12Cc1cc(Br)ccc1N1CCN(c3cccc(Cl)c3)CC12. The lowest BCUT2D eigenvalue weighted by molar-refractivity contribution is -0.125. The summed E-state index contributed by atoms with van der Waals surface area (Å²) in [7, 11) is 0. The number of hydrogen-bond donors (Lipinski definition) is 0. The van der Waals surface area contributed by atoms with Crippen molar-refractivity contribution >= 4 is 67.8 Å². The Morgan fingerprint density at radius 2 is 1.77 bits per heavy atom. The number of hydrogen-bond acceptors (Lipinski definition) is 4. The lowest BCUT2D eigenvalue weighted by atomic mass is 9.67. The maximum absolute atomic E-state index is 14.3. The maximum Gasteiger partial charge on any atom is 0.261 e. The molecule has 1 spiro atoms. The van der Waals surface area contributed by atoms with Crippen molar-refractivity contribution in [2.24, 2.45) is 10.5 Å². The van der Waals surface area contributed by atoms with Gasteiger partial charge in [0.1, 0.15) is 5.41 Å². The predicted octanol–water partition coefficient (Wildman–Crippen LogP) is 6.42. The van der Waals surface area contributed by atoms with E-state index in [2.05, 4.69) is 50.0 Å². The maximum atomic E-state index is 14.3. The summed E-state index contributed by atoms with van der Waals surface area (Å²) in [6, 6.07) is 21.5. The van der Waals surface area contributed by atoms with Crippen molar-refractivity contribution in [3.05, 3.63) is 86.8 Å². The molecule has 5 nitrogen and oxygen atoms in total. The Balaban J connectivity index is 1.46. The van der Waals surface area contributed by atoms with Crippen LogP contribution in [-0.4, -0.2) is 37.3 Å². The molecule has 1 amide bonds. The van der Waals surface area contributed by atoms with Crippen LogP contribution in [0, 0.1) is 5.41 Å². The fraction of sp³-hybridized carbons (Fsp3) is 0.259. The van der Waals surface area contributed by atoms with Crippen LogP contribution >= 0.6 is 39.1 Å². The molecule has 2 unspecified atom stereocenters. The molecule has 3 aromatic rings. The Kier molecular flexibility index (Phi) is 5.59. The molecule has 6 rings (SSSR count). The largest absolute Gasteiger partial charge is 0.368 e. The van der Waals surface area contributed by atoms with E-state index in [1.54, 1.807) is 17.1 Å². The molecule has 3 aliphatic rings. The van der Waals surface area contributed by atoms with Crippen LogP contribution in [0.25, 0.3) is 0 Å². The number of halogens is 3. The summed E-state index contributed by atoms with van der Waals surface area (Å²) in [6.07, 6.45) is 0.602. The quantitative estimate of drug-likeness (QED) is 0.357. The predicted molar refractivity (Wildman–Crippen MR) is 147 cm³/mol. The molecular formula is C27H23BrCl2N4O. The summed E-state index contributed by atoms with van der Waals surface area (Å²) >= 11 is 16.1. The van der Waals surface area contributed by atoms with Gasteiger partial charge < -0.3 is 9.80 Å². The zero-order valence-corrected chi connectivity index (χ0v) is 22.2. The standard InChI is InChI=1S/C27H23BrCl2N4O/c1-17-27(26(35)34(31-17)22-8-6-20(29)7-9-22)15-18-13-19(28)5-10-24(18)33-12-11-32(16-25(27)33)23-4-2-3-21(30)14-23/h2-10,13-14,25H,11-12,15-16H2,1H3. The number of rotatable bonds is 2. The minimum atomic E-state index is -0.773. The molecule has 178 valence electrons. The van der Waals surface area contributed by atoms with Crippen LogP contribution in [-0.2, 0) is 11.2 Å². The highest BCUT2D eigenvalue weighted by molar-refractivity contribution is 9.10. The Labute approximate surface area is 223 Å². The average Bonchev–Trinajstić information content (AvgIpc) is 3.09. The van der Waals surface area contributed by atoms with Crippen molar-refractivity contribution in [1.82, 2.24) is 0 Å². The Hall–Kier alpha value is -2.54. The number of piperazine rings is 1. The van der Waals surface area contributed by atoms with Crippen molar-refractivity contribution in [2.45, 2.75) is 19.4 Å². The molecule has 1 saturated heterocycles. The fourth-order valence-electron chi connectivity index (χ4n) is 5.77. The summed E-state index contributed by atoms with van der Waals surface area (Å²) in [5.74, 6) is 0.00546. The molecule has 3 aliphatic heterocycles. The Bertz CT molecular complexity index is 1360. The third kappa shape index (κ3) is 3.65. The average molecular weight is 570 g/mol. The van der Waals surface area contributed by atoms with Crippen LogP contribution < -0.4 is 14.8 Å². The number of hydrazone groups is 1. The van der Waals surface area contributed by atoms with Crippen LogP contribution in [0.2, 0.25) is 10.0 Å². The third-order valence-corrected chi connectivity index (χ3v) is 8.46. The highest BCUT2D eigenvalue weighted by atomic mass is 79.9. The van der Waals surface area contributed by atoms with Crippen molar-refractivity contribution in [3.63, 3.8) is 0 Å². The van der Waals surface area contributed by atoms with E-state index in [9.17, 15) is 4.79 Å². The third-order valence-electron chi connectivity index (χ3n) is 7.48. The first-order valence-corrected chi connectivity index (χ1v) is 13.1. The van der Waals surface area contributed by atoms with E-state index in [-0.39, 0.29) is 11.9 Å². The normalized spacial score (nSPS) is 23.4. The minimum Gasteiger partial charge on any atom is -0.368 e. The van der Waals surface area contributed by atoms with E-state index in [4.69, 9.17) is 28.3 Å². The van der Waals surface area contributed by atoms with E-state index < -0.39 is 5.41 Å². The molecule has 0 bridgehead atoms. The van der Waals surface area contributed by atoms with Crippen molar-refractivity contribution < 1.29 is 4.79 Å². The Morgan fingerprint density at radius 1 is 0.971 bits per heavy atom. The number of benzene rings is 3. The van der Waals surface area contributed by atoms with Gasteiger partial charge in [0.2, 0.25) is 0 Å². The van der Waals surface area contributed by atoms with E-state index in [1.165, 1.54) is 5.69 Å². The van der Waals surface area contributed by atoms with E-state index in [1.807, 2.05) is 37.3 Å². The molecule has 0 saturated carbocycles. The molecule has 0 radical (unpaired) electrons. The summed E-state index contributed by atoms with van der Waals surface area (Å²) < 4.78 is 1.01. The van der Waals surface area contributed by atoms with Crippen LogP contribution in [0.1, 0.15) is 12.5 Å². The zero-order valence-electron chi connectivity index (χ0n) is 19.1. The van der Waals surface area contributed by atoms with Gasteiger partial charge in [0, 0.05) is 45.5 Å². The lowest BCUT2D eigenvalue weighted by Gasteiger charge is -2.53. The second-order valence-electron chi connectivity index (χ2n) is 9.34. The van der Waals surface area contributed by atoms with Gasteiger partial charge in [-0.05, 0) is 79.6 Å². The lowest BCUT2D eigenvalue weighted by Crippen LogP contribution is -2.67. The number of carbonyl (C=O) groups is 1. The first-order chi connectivity index (χ1) is 16.9. The van der Waals surface area contributed by atoms with Crippen LogP contribution in [0.3, 0.4) is 0 Å². The van der Waals surface area contributed by atoms with Crippen LogP contribution in [0.5, 0.6) is 0 Å². The highest BCUT2D eigenvalue weighted by Crippen LogP contribution is 2.49. The molecule has 35 heavy (non-hydrogen) atoms. The van der Waals surface area contributed by atoms with E-state index >= 15 is 0 Å². The monoisotopic (exact) mass is 568 g/mol. The minimum absolute atomic E-state index is 0.00546. The number of anilines is 3. The summed E-state index contributed by atoms with van der Waals surface area (Å²) in [5.41, 5.74) is 4.22. The summed E-state index contributed by atoms with van der Waals surface area (Å²) in [6.45, 7) is 4.33. The van der Waals surface area contributed by atoms with Crippen molar-refractivity contribution in [2.75, 3.05) is 34.4 Å². The van der Waals surface area contributed by atoms with Gasteiger partial charge in [-0.15, -0.1) is 0 Å². The molecule has 2 atom stereocenters. The van der Waals surface area contributed by atoms with Gasteiger partial charge in [0.15, 0.2) is 0 Å².